The van der Waals surface area contributed by atoms with Gasteiger partial charge in [0.05, 0.1) is 28.8 Å². The van der Waals surface area contributed by atoms with E-state index in [9.17, 15) is 0 Å². The highest BCUT2D eigenvalue weighted by Gasteiger charge is 2.26. The largest absolute Gasteiger partial charge is 0.348 e. The van der Waals surface area contributed by atoms with E-state index in [1.165, 1.54) is 0 Å². The smallest absolute Gasteiger partial charge is 0.0921 e. The Balaban J connectivity index is 1.52. The maximum absolute atomic E-state index is 6.33. The first kappa shape index (κ1) is 16.2. The lowest BCUT2D eigenvalue weighted by Crippen LogP contribution is -2.32. The first-order valence-electron chi connectivity index (χ1n) is 8.59. The van der Waals surface area contributed by atoms with Crippen molar-refractivity contribution in [3.8, 4) is 0 Å². The molecular formula is C19H20ClN5. The van der Waals surface area contributed by atoms with E-state index in [2.05, 4.69) is 38.5 Å². The van der Waals surface area contributed by atoms with Crippen LogP contribution in [0.4, 0.5) is 0 Å². The molecule has 4 heterocycles. The molecule has 0 amide bonds. The van der Waals surface area contributed by atoms with E-state index >= 15 is 0 Å². The van der Waals surface area contributed by atoms with E-state index in [1.807, 2.05) is 18.3 Å². The third kappa shape index (κ3) is 3.72. The minimum absolute atomic E-state index is 0.172. The maximum atomic E-state index is 6.33. The van der Waals surface area contributed by atoms with Crippen molar-refractivity contribution in [2.45, 2.75) is 37.8 Å². The average molecular weight is 354 g/mol. The highest BCUT2D eigenvalue weighted by Crippen LogP contribution is 2.33. The SMILES string of the molecule is Clc1cccnc1[C@@H]1CCC[C@H](c2cccc(Cc3cnc[nH]3)n2)N1. The average Bonchev–Trinajstić information content (AvgIpc) is 3.15. The van der Waals surface area contributed by atoms with E-state index in [4.69, 9.17) is 16.6 Å². The summed E-state index contributed by atoms with van der Waals surface area (Å²) in [6.07, 6.45) is 9.34. The van der Waals surface area contributed by atoms with Crippen LogP contribution < -0.4 is 5.32 Å². The van der Waals surface area contributed by atoms with Crippen molar-refractivity contribution in [3.63, 3.8) is 0 Å². The van der Waals surface area contributed by atoms with Crippen molar-refractivity contribution in [2.75, 3.05) is 0 Å². The summed E-state index contributed by atoms with van der Waals surface area (Å²) in [5, 5.41) is 4.41. The van der Waals surface area contributed by atoms with E-state index in [-0.39, 0.29) is 12.1 Å². The zero-order valence-electron chi connectivity index (χ0n) is 13.8. The molecule has 0 bridgehead atoms. The number of aromatic nitrogens is 4. The van der Waals surface area contributed by atoms with Gasteiger partial charge < -0.3 is 10.3 Å². The lowest BCUT2D eigenvalue weighted by Gasteiger charge is -2.31. The second-order valence-electron chi connectivity index (χ2n) is 6.38. The molecule has 6 heteroatoms. The third-order valence-electron chi connectivity index (χ3n) is 4.62. The molecule has 2 N–H and O–H groups in total. The number of imidazole rings is 1. The van der Waals surface area contributed by atoms with Crippen LogP contribution in [0.15, 0.2) is 49.1 Å². The molecule has 1 aliphatic rings. The molecule has 4 rings (SSSR count). The second-order valence-corrected chi connectivity index (χ2v) is 6.79. The molecule has 0 aliphatic carbocycles. The Morgan fingerprint density at radius 2 is 2.04 bits per heavy atom. The molecule has 0 radical (unpaired) electrons. The number of nitrogens with zero attached hydrogens (tertiary/aromatic N) is 3. The molecule has 3 aromatic heterocycles. The lowest BCUT2D eigenvalue weighted by molar-refractivity contribution is 0.321. The molecule has 5 nitrogen and oxygen atoms in total. The molecule has 3 aromatic rings. The van der Waals surface area contributed by atoms with Gasteiger partial charge in [0.2, 0.25) is 0 Å². The van der Waals surface area contributed by atoms with Crippen LogP contribution >= 0.6 is 11.6 Å². The minimum Gasteiger partial charge on any atom is -0.348 e. The highest BCUT2D eigenvalue weighted by atomic mass is 35.5. The number of hydrogen-bond donors (Lipinski definition) is 2. The molecule has 0 unspecified atom stereocenters. The number of halogens is 1. The fraction of sp³-hybridized carbons (Fsp3) is 0.316. The van der Waals surface area contributed by atoms with Crippen molar-refractivity contribution in [2.24, 2.45) is 0 Å². The summed E-state index contributed by atoms with van der Waals surface area (Å²) in [5.74, 6) is 0. The van der Waals surface area contributed by atoms with Crippen LogP contribution in [0.1, 0.15) is 54.1 Å². The monoisotopic (exact) mass is 353 g/mol. The molecule has 1 saturated heterocycles. The number of aromatic amines is 1. The van der Waals surface area contributed by atoms with Crippen LogP contribution in [0.5, 0.6) is 0 Å². The number of H-pyrrole nitrogens is 1. The van der Waals surface area contributed by atoms with Gasteiger partial charge in [-0.2, -0.15) is 0 Å². The van der Waals surface area contributed by atoms with Crippen molar-refractivity contribution in [1.82, 2.24) is 25.3 Å². The quantitative estimate of drug-likeness (QED) is 0.744. The second kappa shape index (κ2) is 7.33. The summed E-state index contributed by atoms with van der Waals surface area (Å²) in [6, 6.07) is 10.4. The van der Waals surface area contributed by atoms with Gasteiger partial charge in [-0.1, -0.05) is 17.7 Å². The number of hydrogen-bond acceptors (Lipinski definition) is 4. The summed E-state index contributed by atoms with van der Waals surface area (Å²) in [7, 11) is 0. The molecule has 0 aromatic carbocycles. The summed E-state index contributed by atoms with van der Waals surface area (Å²) in [6.45, 7) is 0. The number of pyridine rings is 2. The van der Waals surface area contributed by atoms with Gasteiger partial charge in [0, 0.05) is 36.2 Å². The van der Waals surface area contributed by atoms with E-state index < -0.39 is 0 Å². The van der Waals surface area contributed by atoms with Gasteiger partial charge in [-0.25, -0.2) is 4.98 Å². The van der Waals surface area contributed by atoms with Crippen LogP contribution in [0, 0.1) is 0 Å². The molecule has 0 spiro atoms. The van der Waals surface area contributed by atoms with Crippen molar-refractivity contribution in [3.05, 3.63) is 76.9 Å². The first-order chi connectivity index (χ1) is 12.3. The molecule has 1 aliphatic heterocycles. The molecular weight excluding hydrogens is 334 g/mol. The summed E-state index contributed by atoms with van der Waals surface area (Å²) < 4.78 is 0. The normalized spacial score (nSPS) is 20.5. The molecule has 2 atom stereocenters. The van der Waals surface area contributed by atoms with Gasteiger partial charge in [0.1, 0.15) is 0 Å². The maximum Gasteiger partial charge on any atom is 0.0921 e. The fourth-order valence-corrected chi connectivity index (χ4v) is 3.66. The van der Waals surface area contributed by atoms with Gasteiger partial charge in [-0.05, 0) is 43.5 Å². The van der Waals surface area contributed by atoms with E-state index in [0.29, 0.717) is 0 Å². The van der Waals surface area contributed by atoms with Crippen LogP contribution in [0.2, 0.25) is 5.02 Å². The van der Waals surface area contributed by atoms with E-state index in [0.717, 1.165) is 53.5 Å². The minimum atomic E-state index is 0.172. The molecule has 1 fully saturated rings. The third-order valence-corrected chi connectivity index (χ3v) is 4.94. The number of rotatable bonds is 4. The number of nitrogens with one attached hydrogen (secondary N) is 2. The van der Waals surface area contributed by atoms with Crippen molar-refractivity contribution in [1.29, 1.82) is 0 Å². The Hall–Kier alpha value is -2.24. The molecule has 128 valence electrons. The highest BCUT2D eigenvalue weighted by molar-refractivity contribution is 6.31. The van der Waals surface area contributed by atoms with Crippen LogP contribution in [-0.2, 0) is 6.42 Å². The Kier molecular flexibility index (Phi) is 4.76. The molecule has 0 saturated carbocycles. The van der Waals surface area contributed by atoms with Crippen LogP contribution in [0.25, 0.3) is 0 Å². The Morgan fingerprint density at radius 1 is 1.12 bits per heavy atom. The lowest BCUT2D eigenvalue weighted by atomic mass is 9.94. The topological polar surface area (TPSA) is 66.5 Å². The van der Waals surface area contributed by atoms with Gasteiger partial charge >= 0.3 is 0 Å². The number of piperidine rings is 1. The summed E-state index contributed by atoms with van der Waals surface area (Å²) in [5.41, 5.74) is 4.12. The van der Waals surface area contributed by atoms with Gasteiger partial charge in [0.15, 0.2) is 0 Å². The predicted octanol–water partition coefficient (Wildman–Crippen LogP) is 4.00. The van der Waals surface area contributed by atoms with E-state index in [1.54, 1.807) is 12.5 Å². The van der Waals surface area contributed by atoms with Crippen molar-refractivity contribution >= 4 is 11.6 Å². The van der Waals surface area contributed by atoms with Gasteiger partial charge in [0.25, 0.3) is 0 Å². The summed E-state index contributed by atoms with van der Waals surface area (Å²) in [4.78, 5) is 16.5. The first-order valence-corrected chi connectivity index (χ1v) is 8.97. The summed E-state index contributed by atoms with van der Waals surface area (Å²) >= 11 is 6.33. The van der Waals surface area contributed by atoms with Crippen LogP contribution in [-0.4, -0.2) is 19.9 Å². The standard InChI is InChI=1S/C19H20ClN5/c20-15-5-3-9-22-19(15)18-8-2-7-17(25-18)16-6-1-4-13(24-16)10-14-11-21-12-23-14/h1,3-6,9,11-12,17-18,25H,2,7-8,10H2,(H,21,23)/t17-,18+/m1/s1. The predicted molar refractivity (Wildman–Crippen MR) is 97.3 cm³/mol. The zero-order valence-corrected chi connectivity index (χ0v) is 14.6. The fourth-order valence-electron chi connectivity index (χ4n) is 3.41. The Morgan fingerprint density at radius 3 is 2.88 bits per heavy atom. The zero-order chi connectivity index (χ0) is 17.1. The Bertz CT molecular complexity index is 833. The van der Waals surface area contributed by atoms with Crippen LogP contribution in [0.3, 0.4) is 0 Å². The molecule has 25 heavy (non-hydrogen) atoms. The Labute approximate surface area is 151 Å². The van der Waals surface area contributed by atoms with Gasteiger partial charge in [-0.15, -0.1) is 0 Å². The van der Waals surface area contributed by atoms with Crippen molar-refractivity contribution < 1.29 is 0 Å². The van der Waals surface area contributed by atoms with Gasteiger partial charge in [-0.3, -0.25) is 9.97 Å².